The Labute approximate surface area is 126 Å². The summed E-state index contributed by atoms with van der Waals surface area (Å²) in [5, 5.41) is 0. The van der Waals surface area contributed by atoms with Crippen molar-refractivity contribution in [2.45, 2.75) is 27.2 Å². The normalized spacial score (nSPS) is 33.1. The first kappa shape index (κ1) is 15.7. The summed E-state index contributed by atoms with van der Waals surface area (Å²) in [6.45, 7) is 14.8. The van der Waals surface area contributed by atoms with Crippen molar-refractivity contribution in [2.24, 2.45) is 23.2 Å². The minimum Gasteiger partial charge on any atom is -0.103 e. The molecule has 0 N–H and O–H groups in total. The Kier molecular flexibility index (Phi) is 5.90. The molecule has 0 amide bonds. The zero-order chi connectivity index (χ0) is 13.8. The Balaban J connectivity index is 3.28. The smallest absolute Gasteiger partial charge is 0.00508 e. The van der Waals surface area contributed by atoms with Crippen molar-refractivity contribution in [3.05, 3.63) is 49.1 Å². The molecule has 100 valence electrons. The Morgan fingerprint density at radius 1 is 1.33 bits per heavy atom. The van der Waals surface area contributed by atoms with Crippen molar-refractivity contribution < 1.29 is 0 Å². The standard InChI is InChI=1S/C17H25I/c1-6-9-13-14(10-7-2)16(11-12-18)17(4,5)15(13)8-3/h6-10,13,15-16H,2-3,11-12H2,1,4-5H3/b9-6-,14-10-. The van der Waals surface area contributed by atoms with Crippen molar-refractivity contribution >= 4 is 22.6 Å². The Bertz CT molecular complexity index is 360. The fourth-order valence-corrected chi connectivity index (χ4v) is 4.09. The molecular weight excluding hydrogens is 331 g/mol. The van der Waals surface area contributed by atoms with E-state index in [1.165, 1.54) is 16.4 Å². The predicted octanol–water partition coefficient (Wildman–Crippen LogP) is 5.57. The first-order chi connectivity index (χ1) is 8.54. The highest BCUT2D eigenvalue weighted by Gasteiger charge is 2.48. The number of hydrogen-bond acceptors (Lipinski definition) is 0. The Morgan fingerprint density at radius 3 is 2.44 bits per heavy atom. The van der Waals surface area contributed by atoms with Crippen LogP contribution < -0.4 is 0 Å². The second-order valence-electron chi connectivity index (χ2n) is 5.57. The van der Waals surface area contributed by atoms with Gasteiger partial charge in [-0.1, -0.05) is 79.0 Å². The maximum absolute atomic E-state index is 4.07. The van der Waals surface area contributed by atoms with E-state index in [1.807, 2.05) is 6.08 Å². The molecule has 1 saturated carbocycles. The molecule has 3 atom stereocenters. The van der Waals surface area contributed by atoms with Crippen LogP contribution in [0.5, 0.6) is 0 Å². The molecule has 1 fully saturated rings. The van der Waals surface area contributed by atoms with E-state index in [-0.39, 0.29) is 5.41 Å². The molecule has 0 aromatic carbocycles. The van der Waals surface area contributed by atoms with Crippen LogP contribution in [0, 0.1) is 23.2 Å². The topological polar surface area (TPSA) is 0 Å². The van der Waals surface area contributed by atoms with Crippen LogP contribution in [-0.4, -0.2) is 4.43 Å². The fraction of sp³-hybridized carbons (Fsp3) is 0.529. The third-order valence-corrected chi connectivity index (χ3v) is 4.92. The molecule has 18 heavy (non-hydrogen) atoms. The van der Waals surface area contributed by atoms with Crippen molar-refractivity contribution in [1.82, 2.24) is 0 Å². The molecule has 0 nitrogen and oxygen atoms in total. The summed E-state index contributed by atoms with van der Waals surface area (Å²) in [5.74, 6) is 1.65. The van der Waals surface area contributed by atoms with Gasteiger partial charge in [0.25, 0.3) is 0 Å². The molecule has 0 radical (unpaired) electrons. The van der Waals surface area contributed by atoms with Gasteiger partial charge in [0, 0.05) is 10.3 Å². The van der Waals surface area contributed by atoms with Gasteiger partial charge in [-0.05, 0) is 30.6 Å². The van der Waals surface area contributed by atoms with E-state index in [0.29, 0.717) is 17.8 Å². The molecule has 0 spiro atoms. The molecule has 1 rings (SSSR count). The summed E-state index contributed by atoms with van der Waals surface area (Å²) in [7, 11) is 0. The molecule has 1 aliphatic carbocycles. The maximum Gasteiger partial charge on any atom is 0.00508 e. The first-order valence-corrected chi connectivity index (χ1v) is 8.20. The van der Waals surface area contributed by atoms with Gasteiger partial charge in [-0.2, -0.15) is 0 Å². The highest BCUT2D eigenvalue weighted by atomic mass is 127. The second-order valence-corrected chi connectivity index (χ2v) is 6.65. The highest BCUT2D eigenvalue weighted by molar-refractivity contribution is 14.1. The van der Waals surface area contributed by atoms with Gasteiger partial charge in [0.15, 0.2) is 0 Å². The predicted molar refractivity (Wildman–Crippen MR) is 91.0 cm³/mol. The lowest BCUT2D eigenvalue weighted by molar-refractivity contribution is 0.216. The fourth-order valence-electron chi connectivity index (χ4n) is 3.46. The summed E-state index contributed by atoms with van der Waals surface area (Å²) in [5.41, 5.74) is 1.82. The maximum atomic E-state index is 4.07. The van der Waals surface area contributed by atoms with E-state index in [0.717, 1.165) is 0 Å². The minimum absolute atomic E-state index is 0.284. The number of alkyl halides is 1. The number of halogens is 1. The van der Waals surface area contributed by atoms with Gasteiger partial charge in [-0.15, -0.1) is 6.58 Å². The minimum atomic E-state index is 0.284. The Morgan fingerprint density at radius 2 is 2.00 bits per heavy atom. The molecule has 0 heterocycles. The highest BCUT2D eigenvalue weighted by Crippen LogP contribution is 2.56. The third kappa shape index (κ3) is 2.81. The molecule has 0 aliphatic heterocycles. The van der Waals surface area contributed by atoms with Crippen LogP contribution in [0.25, 0.3) is 0 Å². The number of allylic oxidation sites excluding steroid dienone is 6. The second kappa shape index (κ2) is 6.74. The van der Waals surface area contributed by atoms with Crippen LogP contribution >= 0.6 is 22.6 Å². The average molecular weight is 356 g/mol. The van der Waals surface area contributed by atoms with E-state index >= 15 is 0 Å². The molecule has 0 saturated heterocycles. The van der Waals surface area contributed by atoms with E-state index in [2.05, 4.69) is 80.8 Å². The Hall–Kier alpha value is -0.310. The first-order valence-electron chi connectivity index (χ1n) is 6.68. The lowest BCUT2D eigenvalue weighted by atomic mass is 9.73. The van der Waals surface area contributed by atoms with Crippen LogP contribution in [0.2, 0.25) is 0 Å². The summed E-state index contributed by atoms with van der Waals surface area (Å²) in [6, 6.07) is 0. The van der Waals surface area contributed by atoms with E-state index in [4.69, 9.17) is 0 Å². The summed E-state index contributed by atoms with van der Waals surface area (Å²) in [4.78, 5) is 0. The van der Waals surface area contributed by atoms with E-state index < -0.39 is 0 Å². The van der Waals surface area contributed by atoms with Gasteiger partial charge in [-0.25, -0.2) is 0 Å². The van der Waals surface area contributed by atoms with Gasteiger partial charge < -0.3 is 0 Å². The van der Waals surface area contributed by atoms with Gasteiger partial charge in [-0.3, -0.25) is 0 Å². The number of rotatable bonds is 5. The molecule has 3 unspecified atom stereocenters. The van der Waals surface area contributed by atoms with Crippen molar-refractivity contribution in [1.29, 1.82) is 0 Å². The van der Waals surface area contributed by atoms with Crippen LogP contribution in [0.4, 0.5) is 0 Å². The van der Waals surface area contributed by atoms with E-state index in [9.17, 15) is 0 Å². The molecule has 0 aromatic rings. The summed E-state index contributed by atoms with van der Waals surface area (Å²) >= 11 is 2.48. The summed E-state index contributed by atoms with van der Waals surface area (Å²) < 4.78 is 1.20. The zero-order valence-electron chi connectivity index (χ0n) is 11.8. The van der Waals surface area contributed by atoms with Crippen LogP contribution in [0.3, 0.4) is 0 Å². The monoisotopic (exact) mass is 356 g/mol. The van der Waals surface area contributed by atoms with Crippen molar-refractivity contribution in [3.63, 3.8) is 0 Å². The van der Waals surface area contributed by atoms with Gasteiger partial charge in [0.05, 0.1) is 0 Å². The van der Waals surface area contributed by atoms with Crippen LogP contribution in [0.15, 0.2) is 49.1 Å². The quantitative estimate of drug-likeness (QED) is 0.343. The van der Waals surface area contributed by atoms with Gasteiger partial charge in [0.2, 0.25) is 0 Å². The molecule has 1 aliphatic rings. The lowest BCUT2D eigenvalue weighted by Gasteiger charge is -2.31. The zero-order valence-corrected chi connectivity index (χ0v) is 14.0. The van der Waals surface area contributed by atoms with Crippen molar-refractivity contribution in [2.75, 3.05) is 4.43 Å². The van der Waals surface area contributed by atoms with Crippen molar-refractivity contribution in [3.8, 4) is 0 Å². The van der Waals surface area contributed by atoms with Crippen LogP contribution in [0.1, 0.15) is 27.2 Å². The molecule has 1 heteroatoms. The van der Waals surface area contributed by atoms with Gasteiger partial charge in [0.1, 0.15) is 0 Å². The van der Waals surface area contributed by atoms with Crippen LogP contribution in [-0.2, 0) is 0 Å². The largest absolute Gasteiger partial charge is 0.103 e. The molecule has 0 aromatic heterocycles. The molecular formula is C17H25I. The van der Waals surface area contributed by atoms with Gasteiger partial charge >= 0.3 is 0 Å². The third-order valence-electron chi connectivity index (χ3n) is 4.29. The SMILES string of the molecule is C=C/C=C1/C(/C=C\C)C(C=C)C(C)(C)C1CCI. The summed E-state index contributed by atoms with van der Waals surface area (Å²) in [6.07, 6.45) is 12.1. The van der Waals surface area contributed by atoms with E-state index in [1.54, 1.807) is 0 Å². The average Bonchev–Trinajstić information content (AvgIpc) is 2.51. The lowest BCUT2D eigenvalue weighted by Crippen LogP contribution is -2.25. The molecule has 0 bridgehead atoms. The number of hydrogen-bond donors (Lipinski definition) is 0.